The molecule has 6 nitrogen and oxygen atoms in total. The number of imidazole rings is 1. The molecule has 0 unspecified atom stereocenters. The van der Waals surface area contributed by atoms with Gasteiger partial charge < -0.3 is 14.7 Å². The Labute approximate surface area is 112 Å². The number of fused-ring (bicyclic) bond motifs is 2. The van der Waals surface area contributed by atoms with Crippen LogP contribution in [-0.4, -0.2) is 15.0 Å². The van der Waals surface area contributed by atoms with Crippen LogP contribution in [-0.2, 0) is 0 Å². The molecule has 6 heteroatoms. The largest absolute Gasteiger partial charge is 0.417 e. The van der Waals surface area contributed by atoms with Gasteiger partial charge in [-0.1, -0.05) is 12.1 Å². The summed E-state index contributed by atoms with van der Waals surface area (Å²) in [6.45, 7) is 0. The van der Waals surface area contributed by atoms with Crippen molar-refractivity contribution in [2.75, 3.05) is 5.32 Å². The summed E-state index contributed by atoms with van der Waals surface area (Å²) in [5.41, 5.74) is 3.83. The normalized spacial score (nSPS) is 11.2. The molecular weight excluding hydrogens is 256 g/mol. The number of H-pyrrole nitrogens is 2. The van der Waals surface area contributed by atoms with Gasteiger partial charge in [-0.2, -0.15) is 0 Å². The van der Waals surface area contributed by atoms with Crippen LogP contribution in [0.15, 0.2) is 51.7 Å². The van der Waals surface area contributed by atoms with Crippen molar-refractivity contribution in [3.8, 4) is 0 Å². The molecule has 4 rings (SSSR count). The van der Waals surface area contributed by atoms with Gasteiger partial charge in [0, 0.05) is 11.8 Å². The zero-order valence-corrected chi connectivity index (χ0v) is 10.3. The molecule has 4 aromatic rings. The second-order valence-electron chi connectivity index (χ2n) is 4.45. The summed E-state index contributed by atoms with van der Waals surface area (Å²) < 4.78 is 5.02. The molecule has 0 radical (unpaired) electrons. The summed E-state index contributed by atoms with van der Waals surface area (Å²) in [5, 5.41) is 3.15. The summed E-state index contributed by atoms with van der Waals surface area (Å²) in [6.07, 6.45) is 0. The third kappa shape index (κ3) is 1.74. The van der Waals surface area contributed by atoms with Gasteiger partial charge in [0.05, 0.1) is 16.6 Å². The van der Waals surface area contributed by atoms with Crippen LogP contribution in [0.5, 0.6) is 0 Å². The predicted octanol–water partition coefficient (Wildman–Crippen LogP) is 2.74. The highest BCUT2D eigenvalue weighted by Crippen LogP contribution is 2.21. The lowest BCUT2D eigenvalue weighted by Gasteiger charge is -2.01. The van der Waals surface area contributed by atoms with Crippen molar-refractivity contribution in [3.05, 3.63) is 53.0 Å². The number of aromatic amines is 2. The second kappa shape index (κ2) is 3.99. The highest BCUT2D eigenvalue weighted by atomic mass is 16.4. The molecule has 0 saturated carbocycles. The van der Waals surface area contributed by atoms with Crippen molar-refractivity contribution in [3.63, 3.8) is 0 Å². The maximum atomic E-state index is 11.1. The van der Waals surface area contributed by atoms with Crippen LogP contribution in [0.25, 0.3) is 22.1 Å². The summed E-state index contributed by atoms with van der Waals surface area (Å²) in [7, 11) is 0. The third-order valence-corrected chi connectivity index (χ3v) is 3.07. The molecule has 0 aliphatic rings. The van der Waals surface area contributed by atoms with Gasteiger partial charge in [-0.05, 0) is 24.3 Å². The lowest BCUT2D eigenvalue weighted by Crippen LogP contribution is -1.92. The monoisotopic (exact) mass is 266 g/mol. The lowest BCUT2D eigenvalue weighted by molar-refractivity contribution is 0.555. The molecule has 0 aliphatic heterocycles. The fourth-order valence-electron chi connectivity index (χ4n) is 2.17. The molecule has 2 heterocycles. The minimum atomic E-state index is -0.458. The van der Waals surface area contributed by atoms with Crippen LogP contribution in [0.2, 0.25) is 0 Å². The Kier molecular flexibility index (Phi) is 2.17. The Hall–Kier alpha value is -3.02. The van der Waals surface area contributed by atoms with Gasteiger partial charge in [-0.15, -0.1) is 0 Å². The van der Waals surface area contributed by atoms with E-state index in [1.807, 2.05) is 30.3 Å². The van der Waals surface area contributed by atoms with Crippen LogP contribution in [0.3, 0.4) is 0 Å². The average Bonchev–Trinajstić information content (AvgIpc) is 2.99. The molecular formula is C14H10N4O2. The number of benzene rings is 2. The maximum Gasteiger partial charge on any atom is 0.417 e. The standard InChI is InChI=1S/C14H10N4O2/c19-14-18-11-6-5-8(7-12(11)20-14)15-13-16-9-3-1-2-4-10(9)17-13/h1-7H,(H,18,19)(H2,15,16,17). The van der Waals surface area contributed by atoms with E-state index in [-0.39, 0.29) is 0 Å². The first kappa shape index (κ1) is 10.9. The molecule has 98 valence electrons. The topological polar surface area (TPSA) is 86.7 Å². The minimum absolute atomic E-state index is 0.458. The van der Waals surface area contributed by atoms with Crippen molar-refractivity contribution < 1.29 is 4.42 Å². The Morgan fingerprint density at radius 3 is 2.85 bits per heavy atom. The van der Waals surface area contributed by atoms with E-state index in [4.69, 9.17) is 4.42 Å². The van der Waals surface area contributed by atoms with Crippen LogP contribution in [0, 0.1) is 0 Å². The SMILES string of the molecule is O=c1[nH]c2ccc(Nc3nc4ccccc4[nH]3)cc2o1. The molecule has 3 N–H and O–H groups in total. The van der Waals surface area contributed by atoms with Crippen molar-refractivity contribution in [1.29, 1.82) is 0 Å². The van der Waals surface area contributed by atoms with E-state index in [1.165, 1.54) is 0 Å². The molecule has 2 aromatic heterocycles. The van der Waals surface area contributed by atoms with Crippen LogP contribution in [0.4, 0.5) is 11.6 Å². The quantitative estimate of drug-likeness (QED) is 0.520. The second-order valence-corrected chi connectivity index (χ2v) is 4.45. The van der Waals surface area contributed by atoms with E-state index in [2.05, 4.69) is 20.3 Å². The molecule has 0 aliphatic carbocycles. The van der Waals surface area contributed by atoms with Gasteiger partial charge in [-0.3, -0.25) is 4.98 Å². The molecule has 0 atom stereocenters. The summed E-state index contributed by atoms with van der Waals surface area (Å²) in [4.78, 5) is 21.3. The van der Waals surface area contributed by atoms with E-state index in [0.29, 0.717) is 17.0 Å². The Morgan fingerprint density at radius 1 is 1.05 bits per heavy atom. The van der Waals surface area contributed by atoms with Gasteiger partial charge in [0.1, 0.15) is 0 Å². The summed E-state index contributed by atoms with van der Waals surface area (Å²) in [5.74, 6) is 0.185. The number of oxazole rings is 1. The predicted molar refractivity (Wildman–Crippen MR) is 76.2 cm³/mol. The number of aromatic nitrogens is 3. The first-order valence-corrected chi connectivity index (χ1v) is 6.12. The molecule has 20 heavy (non-hydrogen) atoms. The smallest absolute Gasteiger partial charge is 0.408 e. The van der Waals surface area contributed by atoms with Crippen LogP contribution < -0.4 is 11.1 Å². The van der Waals surface area contributed by atoms with Gasteiger partial charge >= 0.3 is 5.76 Å². The van der Waals surface area contributed by atoms with Crippen LogP contribution >= 0.6 is 0 Å². The summed E-state index contributed by atoms with van der Waals surface area (Å²) >= 11 is 0. The molecule has 0 bridgehead atoms. The zero-order valence-electron chi connectivity index (χ0n) is 10.3. The fraction of sp³-hybridized carbons (Fsp3) is 0. The highest BCUT2D eigenvalue weighted by molar-refractivity contribution is 5.80. The van der Waals surface area contributed by atoms with Crippen molar-refractivity contribution in [1.82, 2.24) is 15.0 Å². The van der Waals surface area contributed by atoms with E-state index >= 15 is 0 Å². The summed E-state index contributed by atoms with van der Waals surface area (Å²) in [6, 6.07) is 13.2. The van der Waals surface area contributed by atoms with Gasteiger partial charge in [0.15, 0.2) is 5.58 Å². The first-order chi connectivity index (χ1) is 9.78. The van der Waals surface area contributed by atoms with Crippen molar-refractivity contribution in [2.45, 2.75) is 0 Å². The fourth-order valence-corrected chi connectivity index (χ4v) is 2.17. The molecule has 0 fully saturated rings. The number of rotatable bonds is 2. The maximum absolute atomic E-state index is 11.1. The van der Waals surface area contributed by atoms with Crippen molar-refractivity contribution in [2.24, 2.45) is 0 Å². The van der Waals surface area contributed by atoms with Crippen molar-refractivity contribution >= 4 is 33.8 Å². The highest BCUT2D eigenvalue weighted by Gasteiger charge is 2.05. The first-order valence-electron chi connectivity index (χ1n) is 6.12. The zero-order chi connectivity index (χ0) is 13.5. The van der Waals surface area contributed by atoms with Gasteiger partial charge in [-0.25, -0.2) is 9.78 Å². The molecule has 0 spiro atoms. The van der Waals surface area contributed by atoms with E-state index < -0.39 is 5.76 Å². The average molecular weight is 266 g/mol. The third-order valence-electron chi connectivity index (χ3n) is 3.07. The Balaban J connectivity index is 1.73. The molecule has 2 aromatic carbocycles. The Morgan fingerprint density at radius 2 is 1.95 bits per heavy atom. The minimum Gasteiger partial charge on any atom is -0.408 e. The number of para-hydroxylation sites is 2. The lowest BCUT2D eigenvalue weighted by atomic mass is 10.3. The number of hydrogen-bond acceptors (Lipinski definition) is 4. The molecule has 0 amide bonds. The molecule has 0 saturated heterocycles. The number of nitrogens with zero attached hydrogens (tertiary/aromatic N) is 1. The van der Waals surface area contributed by atoms with E-state index in [9.17, 15) is 4.79 Å². The van der Waals surface area contributed by atoms with Gasteiger partial charge in [0.2, 0.25) is 5.95 Å². The van der Waals surface area contributed by atoms with Crippen LogP contribution in [0.1, 0.15) is 0 Å². The number of nitrogens with one attached hydrogen (secondary N) is 3. The van der Waals surface area contributed by atoms with Gasteiger partial charge in [0.25, 0.3) is 0 Å². The Bertz CT molecular complexity index is 931. The van der Waals surface area contributed by atoms with E-state index in [0.717, 1.165) is 16.7 Å². The number of hydrogen-bond donors (Lipinski definition) is 3. The number of anilines is 2. The van der Waals surface area contributed by atoms with E-state index in [1.54, 1.807) is 12.1 Å².